The van der Waals surface area contributed by atoms with Gasteiger partial charge in [0.25, 0.3) is 11.8 Å². The zero-order valence-electron chi connectivity index (χ0n) is 13.3. The van der Waals surface area contributed by atoms with Crippen molar-refractivity contribution in [2.75, 3.05) is 16.5 Å². The number of anilines is 2. The van der Waals surface area contributed by atoms with Crippen molar-refractivity contribution in [2.24, 2.45) is 0 Å². The molecule has 0 bridgehead atoms. The van der Waals surface area contributed by atoms with Crippen LogP contribution < -0.4 is 10.2 Å². The van der Waals surface area contributed by atoms with Gasteiger partial charge in [-0.2, -0.15) is 11.8 Å². The zero-order valence-corrected chi connectivity index (χ0v) is 14.1. The summed E-state index contributed by atoms with van der Waals surface area (Å²) in [6, 6.07) is 13.4. The van der Waals surface area contributed by atoms with Crippen LogP contribution in [0.2, 0.25) is 0 Å². The highest BCUT2D eigenvalue weighted by Crippen LogP contribution is 2.29. The first-order valence-electron chi connectivity index (χ1n) is 7.44. The van der Waals surface area contributed by atoms with Gasteiger partial charge in [0.1, 0.15) is 0 Å². The average molecular weight is 340 g/mol. The summed E-state index contributed by atoms with van der Waals surface area (Å²) in [6.45, 7) is 1.83. The van der Waals surface area contributed by atoms with E-state index in [0.717, 1.165) is 4.90 Å². The minimum absolute atomic E-state index is 0.0871. The van der Waals surface area contributed by atoms with Gasteiger partial charge in [0.15, 0.2) is 0 Å². The number of imide groups is 1. The molecule has 0 saturated carbocycles. The molecule has 0 spiro atoms. The number of amides is 3. The Morgan fingerprint density at radius 2 is 1.54 bits per heavy atom. The number of carbonyl (C=O) groups is 3. The van der Waals surface area contributed by atoms with Crippen molar-refractivity contribution in [1.29, 1.82) is 0 Å². The summed E-state index contributed by atoms with van der Waals surface area (Å²) in [5.74, 6) is -0.747. The van der Waals surface area contributed by atoms with E-state index in [9.17, 15) is 14.4 Å². The van der Waals surface area contributed by atoms with E-state index in [-0.39, 0.29) is 23.0 Å². The Balaban J connectivity index is 1.81. The Labute approximate surface area is 144 Å². The summed E-state index contributed by atoms with van der Waals surface area (Å²) in [6.07, 6.45) is 1.87. The summed E-state index contributed by atoms with van der Waals surface area (Å²) < 4.78 is 0. The number of rotatable bonds is 4. The molecule has 5 nitrogen and oxygen atoms in total. The highest BCUT2D eigenvalue weighted by molar-refractivity contribution is 7.99. The van der Waals surface area contributed by atoms with Gasteiger partial charge < -0.3 is 5.32 Å². The lowest BCUT2D eigenvalue weighted by Crippen LogP contribution is -2.29. The molecular formula is C18H16N2O3S. The van der Waals surface area contributed by atoms with Crippen LogP contribution in [0.5, 0.6) is 0 Å². The van der Waals surface area contributed by atoms with Gasteiger partial charge in [0, 0.05) is 5.69 Å². The first-order valence-corrected chi connectivity index (χ1v) is 8.73. The third kappa shape index (κ3) is 2.80. The molecule has 0 aromatic heterocycles. The highest BCUT2D eigenvalue weighted by Gasteiger charge is 2.36. The standard InChI is InChI=1S/C18H16N2O3S/c1-11(24-2)16(21)19-12-7-9-13(10-8-12)20-17(22)14-5-3-4-6-15(14)18(20)23/h3-11H,1-2H3,(H,19,21)/t11-/m0/s1. The number of nitrogens with zero attached hydrogens (tertiary/aromatic N) is 1. The van der Waals surface area contributed by atoms with Gasteiger partial charge in [-0.1, -0.05) is 12.1 Å². The Bertz CT molecular complexity index is 782. The van der Waals surface area contributed by atoms with Crippen LogP contribution in [0.15, 0.2) is 48.5 Å². The minimum Gasteiger partial charge on any atom is -0.325 e. The van der Waals surface area contributed by atoms with Crippen LogP contribution in [-0.2, 0) is 4.79 Å². The third-order valence-corrected chi connectivity index (χ3v) is 4.83. The average Bonchev–Trinajstić information content (AvgIpc) is 2.86. The van der Waals surface area contributed by atoms with E-state index in [0.29, 0.717) is 22.5 Å². The molecule has 0 fully saturated rings. The highest BCUT2D eigenvalue weighted by atomic mass is 32.2. The molecule has 0 radical (unpaired) electrons. The minimum atomic E-state index is -0.330. The van der Waals surface area contributed by atoms with Crippen LogP contribution in [0.25, 0.3) is 0 Å². The number of benzene rings is 2. The Kier molecular flexibility index (Phi) is 4.40. The molecule has 1 aliphatic heterocycles. The van der Waals surface area contributed by atoms with Gasteiger partial charge in [-0.25, -0.2) is 4.90 Å². The van der Waals surface area contributed by atoms with Crippen LogP contribution in [0.4, 0.5) is 11.4 Å². The molecule has 1 N–H and O–H groups in total. The van der Waals surface area contributed by atoms with E-state index >= 15 is 0 Å². The second kappa shape index (κ2) is 6.49. The van der Waals surface area contributed by atoms with Crippen molar-refractivity contribution in [2.45, 2.75) is 12.2 Å². The Hall–Kier alpha value is -2.60. The summed E-state index contributed by atoms with van der Waals surface area (Å²) >= 11 is 1.46. The van der Waals surface area contributed by atoms with Crippen molar-refractivity contribution >= 4 is 40.9 Å². The first-order chi connectivity index (χ1) is 11.5. The normalized spacial score (nSPS) is 14.5. The molecule has 6 heteroatoms. The van der Waals surface area contributed by atoms with Crippen LogP contribution >= 0.6 is 11.8 Å². The summed E-state index contributed by atoms with van der Waals surface area (Å²) in [5, 5.41) is 2.65. The number of fused-ring (bicyclic) bond motifs is 1. The summed E-state index contributed by atoms with van der Waals surface area (Å²) in [7, 11) is 0. The predicted molar refractivity (Wildman–Crippen MR) is 95.6 cm³/mol. The van der Waals surface area contributed by atoms with Gasteiger partial charge in [-0.15, -0.1) is 0 Å². The molecule has 1 heterocycles. The van der Waals surface area contributed by atoms with Crippen LogP contribution in [-0.4, -0.2) is 29.2 Å². The lowest BCUT2D eigenvalue weighted by atomic mass is 10.1. The van der Waals surface area contributed by atoms with E-state index in [4.69, 9.17) is 0 Å². The van der Waals surface area contributed by atoms with Crippen molar-refractivity contribution in [3.8, 4) is 0 Å². The fraction of sp³-hybridized carbons (Fsp3) is 0.167. The number of carbonyl (C=O) groups excluding carboxylic acids is 3. The second-order valence-corrected chi connectivity index (χ2v) is 6.58. The summed E-state index contributed by atoms with van der Waals surface area (Å²) in [5.41, 5.74) is 1.93. The van der Waals surface area contributed by atoms with E-state index < -0.39 is 0 Å². The van der Waals surface area contributed by atoms with Crippen LogP contribution in [0.3, 0.4) is 0 Å². The van der Waals surface area contributed by atoms with Crippen molar-refractivity contribution in [3.63, 3.8) is 0 Å². The third-order valence-electron chi connectivity index (χ3n) is 3.91. The quantitative estimate of drug-likeness (QED) is 0.868. The Morgan fingerprint density at radius 1 is 1.00 bits per heavy atom. The van der Waals surface area contributed by atoms with E-state index in [2.05, 4.69) is 5.32 Å². The fourth-order valence-corrected chi connectivity index (χ4v) is 2.74. The predicted octanol–water partition coefficient (Wildman–Crippen LogP) is 3.18. The topological polar surface area (TPSA) is 66.5 Å². The monoisotopic (exact) mass is 340 g/mol. The van der Waals surface area contributed by atoms with E-state index in [1.54, 1.807) is 48.5 Å². The molecule has 3 amide bonds. The lowest BCUT2D eigenvalue weighted by Gasteiger charge is -2.15. The molecular weight excluding hydrogens is 324 g/mol. The summed E-state index contributed by atoms with van der Waals surface area (Å²) in [4.78, 5) is 37.9. The maximum atomic E-state index is 12.4. The lowest BCUT2D eigenvalue weighted by molar-refractivity contribution is -0.115. The number of thioether (sulfide) groups is 1. The largest absolute Gasteiger partial charge is 0.325 e. The van der Waals surface area contributed by atoms with Crippen LogP contribution in [0, 0.1) is 0 Å². The van der Waals surface area contributed by atoms with E-state index in [1.807, 2.05) is 13.2 Å². The molecule has 2 aromatic carbocycles. The van der Waals surface area contributed by atoms with Gasteiger partial charge in [-0.3, -0.25) is 14.4 Å². The molecule has 1 atom stereocenters. The number of hydrogen-bond donors (Lipinski definition) is 1. The molecule has 0 aliphatic carbocycles. The van der Waals surface area contributed by atoms with Crippen LogP contribution in [0.1, 0.15) is 27.6 Å². The molecule has 0 saturated heterocycles. The van der Waals surface area contributed by atoms with Crippen molar-refractivity contribution in [3.05, 3.63) is 59.7 Å². The molecule has 122 valence electrons. The van der Waals surface area contributed by atoms with E-state index in [1.165, 1.54) is 11.8 Å². The zero-order chi connectivity index (χ0) is 17.3. The number of hydrogen-bond acceptors (Lipinski definition) is 4. The van der Waals surface area contributed by atoms with Crippen molar-refractivity contribution < 1.29 is 14.4 Å². The molecule has 2 aromatic rings. The van der Waals surface area contributed by atoms with Crippen molar-refractivity contribution in [1.82, 2.24) is 0 Å². The molecule has 0 unspecified atom stereocenters. The van der Waals surface area contributed by atoms with Gasteiger partial charge in [-0.05, 0) is 49.6 Å². The SMILES string of the molecule is CS[C@@H](C)C(=O)Nc1ccc(N2C(=O)c3ccccc3C2=O)cc1. The number of nitrogens with one attached hydrogen (secondary N) is 1. The Morgan fingerprint density at radius 3 is 2.04 bits per heavy atom. The maximum absolute atomic E-state index is 12.4. The molecule has 3 rings (SSSR count). The second-order valence-electron chi connectivity index (χ2n) is 5.41. The maximum Gasteiger partial charge on any atom is 0.266 e. The fourth-order valence-electron chi connectivity index (χ4n) is 2.47. The molecule has 1 aliphatic rings. The van der Waals surface area contributed by atoms with Gasteiger partial charge >= 0.3 is 0 Å². The smallest absolute Gasteiger partial charge is 0.266 e. The van der Waals surface area contributed by atoms with Gasteiger partial charge in [0.05, 0.1) is 22.1 Å². The molecule has 24 heavy (non-hydrogen) atoms. The van der Waals surface area contributed by atoms with Gasteiger partial charge in [0.2, 0.25) is 5.91 Å². The first kappa shape index (κ1) is 16.3.